The summed E-state index contributed by atoms with van der Waals surface area (Å²) in [5.41, 5.74) is 0.740. The van der Waals surface area contributed by atoms with Crippen molar-refractivity contribution in [3.8, 4) is 0 Å². The summed E-state index contributed by atoms with van der Waals surface area (Å²) in [6.07, 6.45) is 17.5. The number of fused-ring (bicyclic) bond motifs is 5. The summed E-state index contributed by atoms with van der Waals surface area (Å²) >= 11 is 0. The van der Waals surface area contributed by atoms with Gasteiger partial charge in [0.15, 0.2) is 0 Å². The summed E-state index contributed by atoms with van der Waals surface area (Å²) < 4.78 is 0. The smallest absolute Gasteiger partial charge is 0.137 e. The molecular weight excluding hydrogens is 340 g/mol. The van der Waals surface area contributed by atoms with Gasteiger partial charge in [-0.2, -0.15) is 0 Å². The molecule has 0 aromatic rings. The molecule has 4 aliphatic rings. The Bertz CT molecular complexity index is 618. The van der Waals surface area contributed by atoms with E-state index in [1.807, 2.05) is 0 Å². The number of hydrogen-bond acceptors (Lipinski definition) is 1. The predicted octanol–water partition coefficient (Wildman–Crippen LogP) is 7.45. The van der Waals surface area contributed by atoms with Crippen molar-refractivity contribution in [1.82, 2.24) is 0 Å². The molecule has 1 nitrogen and oxygen atoms in total. The van der Waals surface area contributed by atoms with Crippen molar-refractivity contribution in [3.63, 3.8) is 0 Å². The predicted molar refractivity (Wildman–Crippen MR) is 118 cm³/mol. The Hall–Kier alpha value is -0.590. The first-order valence-electron chi connectivity index (χ1n) is 12.4. The average molecular weight is 385 g/mol. The molecule has 0 bridgehead atoms. The van der Waals surface area contributed by atoms with E-state index in [4.69, 9.17) is 0 Å². The van der Waals surface area contributed by atoms with Crippen LogP contribution in [0, 0.1) is 52.3 Å². The lowest BCUT2D eigenvalue weighted by atomic mass is 9.45. The van der Waals surface area contributed by atoms with Crippen LogP contribution in [0.15, 0.2) is 12.2 Å². The van der Waals surface area contributed by atoms with Gasteiger partial charge in [0.05, 0.1) is 0 Å². The Morgan fingerprint density at radius 1 is 1.00 bits per heavy atom. The van der Waals surface area contributed by atoms with Gasteiger partial charge >= 0.3 is 0 Å². The molecule has 0 N–H and O–H groups in total. The van der Waals surface area contributed by atoms with Crippen LogP contribution in [0.4, 0.5) is 0 Å². The van der Waals surface area contributed by atoms with Crippen LogP contribution in [0.25, 0.3) is 0 Å². The van der Waals surface area contributed by atoms with Crippen molar-refractivity contribution in [2.45, 2.75) is 98.8 Å². The zero-order valence-corrected chi connectivity index (χ0v) is 19.2. The van der Waals surface area contributed by atoms with Gasteiger partial charge in [0.25, 0.3) is 0 Å². The lowest BCUT2D eigenvalue weighted by Gasteiger charge is -2.59. The summed E-state index contributed by atoms with van der Waals surface area (Å²) in [5.74, 6) is 5.75. The SMILES string of the molecule is CC(C)CCC[C@@H](C)[C@H]1CC[C@H]2[C@@H]3CC(=O)C4CC=CC[C@]4(C)[C@H]3CC[C@]12C. The maximum Gasteiger partial charge on any atom is 0.137 e. The highest BCUT2D eigenvalue weighted by Gasteiger charge is 2.61. The molecule has 0 radical (unpaired) electrons. The number of allylic oxidation sites excluding steroid dienone is 2. The lowest BCUT2D eigenvalue weighted by Crippen LogP contribution is -2.55. The minimum absolute atomic E-state index is 0.247. The van der Waals surface area contributed by atoms with E-state index in [1.165, 1.54) is 44.9 Å². The topological polar surface area (TPSA) is 17.1 Å². The molecule has 4 rings (SSSR count). The quantitative estimate of drug-likeness (QED) is 0.450. The van der Waals surface area contributed by atoms with E-state index in [1.54, 1.807) is 0 Å². The third-order valence-corrected chi connectivity index (χ3v) is 10.2. The fourth-order valence-electron chi connectivity index (χ4n) is 8.68. The highest BCUT2D eigenvalue weighted by Crippen LogP contribution is 2.67. The maximum atomic E-state index is 13.2. The van der Waals surface area contributed by atoms with Gasteiger partial charge in [-0.25, -0.2) is 0 Å². The van der Waals surface area contributed by atoms with Crippen molar-refractivity contribution in [2.24, 2.45) is 52.3 Å². The highest BCUT2D eigenvalue weighted by atomic mass is 16.1. The second kappa shape index (κ2) is 7.59. The molecule has 0 heterocycles. The molecule has 0 aromatic carbocycles. The molecule has 4 aliphatic carbocycles. The van der Waals surface area contributed by atoms with Gasteiger partial charge in [0, 0.05) is 12.3 Å². The summed E-state index contributed by atoms with van der Waals surface area (Å²) in [5, 5.41) is 0. The molecular formula is C27H44O. The Morgan fingerprint density at radius 3 is 2.50 bits per heavy atom. The van der Waals surface area contributed by atoms with Crippen molar-refractivity contribution in [2.75, 3.05) is 0 Å². The third kappa shape index (κ3) is 3.24. The van der Waals surface area contributed by atoms with Crippen LogP contribution >= 0.6 is 0 Å². The van der Waals surface area contributed by atoms with Gasteiger partial charge in [0.2, 0.25) is 0 Å². The van der Waals surface area contributed by atoms with Crippen LogP contribution < -0.4 is 0 Å². The number of Topliss-reactive ketones (excluding diaryl/α,β-unsaturated/α-hetero) is 1. The Morgan fingerprint density at radius 2 is 1.75 bits per heavy atom. The van der Waals surface area contributed by atoms with Crippen LogP contribution in [-0.4, -0.2) is 5.78 Å². The Labute approximate surface area is 174 Å². The van der Waals surface area contributed by atoms with Crippen LogP contribution in [0.1, 0.15) is 98.8 Å². The van der Waals surface area contributed by atoms with Crippen LogP contribution in [0.2, 0.25) is 0 Å². The van der Waals surface area contributed by atoms with Gasteiger partial charge in [0.1, 0.15) is 5.78 Å². The van der Waals surface area contributed by atoms with Gasteiger partial charge in [-0.05, 0) is 84.9 Å². The lowest BCUT2D eigenvalue weighted by molar-refractivity contribution is -0.149. The molecule has 0 spiro atoms. The number of hydrogen-bond donors (Lipinski definition) is 0. The van der Waals surface area contributed by atoms with Crippen molar-refractivity contribution < 1.29 is 4.79 Å². The number of carbonyl (C=O) groups excluding carboxylic acids is 1. The van der Waals surface area contributed by atoms with E-state index < -0.39 is 0 Å². The number of carbonyl (C=O) groups is 1. The third-order valence-electron chi connectivity index (χ3n) is 10.2. The molecule has 0 saturated heterocycles. The van der Waals surface area contributed by atoms with Crippen LogP contribution in [-0.2, 0) is 4.79 Å². The molecule has 3 fully saturated rings. The largest absolute Gasteiger partial charge is 0.299 e. The van der Waals surface area contributed by atoms with Crippen molar-refractivity contribution in [1.29, 1.82) is 0 Å². The molecule has 0 aliphatic heterocycles. The molecule has 0 amide bonds. The highest BCUT2D eigenvalue weighted by molar-refractivity contribution is 5.83. The fraction of sp³-hybridized carbons (Fsp3) is 0.889. The monoisotopic (exact) mass is 384 g/mol. The molecule has 3 saturated carbocycles. The minimum Gasteiger partial charge on any atom is -0.299 e. The zero-order chi connectivity index (χ0) is 20.1. The first-order valence-corrected chi connectivity index (χ1v) is 12.4. The van der Waals surface area contributed by atoms with Gasteiger partial charge in [-0.3, -0.25) is 4.79 Å². The van der Waals surface area contributed by atoms with E-state index in [9.17, 15) is 4.79 Å². The fourth-order valence-corrected chi connectivity index (χ4v) is 8.68. The van der Waals surface area contributed by atoms with Gasteiger partial charge < -0.3 is 0 Å². The number of ketones is 1. The molecule has 28 heavy (non-hydrogen) atoms. The van der Waals surface area contributed by atoms with Gasteiger partial charge in [-0.1, -0.05) is 66.0 Å². The molecule has 1 heteroatoms. The normalized spacial score (nSPS) is 46.2. The molecule has 1 unspecified atom stereocenters. The minimum atomic E-state index is 0.247. The van der Waals surface area contributed by atoms with Crippen LogP contribution in [0.3, 0.4) is 0 Å². The van der Waals surface area contributed by atoms with Gasteiger partial charge in [-0.15, -0.1) is 0 Å². The molecule has 158 valence electrons. The zero-order valence-electron chi connectivity index (χ0n) is 19.2. The van der Waals surface area contributed by atoms with E-state index in [0.29, 0.717) is 23.0 Å². The average Bonchev–Trinajstić information content (AvgIpc) is 2.99. The van der Waals surface area contributed by atoms with E-state index in [0.717, 1.165) is 48.9 Å². The van der Waals surface area contributed by atoms with Crippen LogP contribution in [0.5, 0.6) is 0 Å². The van der Waals surface area contributed by atoms with E-state index in [-0.39, 0.29) is 5.41 Å². The standard InChI is InChI=1S/C27H44O/c1-18(2)9-8-10-19(3)21-12-13-22-20-17-25(28)24-11-6-7-15-26(24,4)23(20)14-16-27(21,22)5/h6-7,18-24H,8-17H2,1-5H3/t19-,20+,21-,22+,23+,24?,26-,27-/m1/s1. The summed E-state index contributed by atoms with van der Waals surface area (Å²) in [7, 11) is 0. The first-order chi connectivity index (χ1) is 13.3. The second-order valence-electron chi connectivity index (χ2n) is 12.0. The molecule has 0 aromatic heterocycles. The first kappa shape index (κ1) is 20.7. The summed E-state index contributed by atoms with van der Waals surface area (Å²) in [6.45, 7) is 12.4. The maximum absolute atomic E-state index is 13.2. The second-order valence-corrected chi connectivity index (χ2v) is 12.0. The van der Waals surface area contributed by atoms with E-state index in [2.05, 4.69) is 46.8 Å². The molecule has 8 atom stereocenters. The number of rotatable bonds is 5. The summed E-state index contributed by atoms with van der Waals surface area (Å²) in [6, 6.07) is 0. The van der Waals surface area contributed by atoms with Crippen molar-refractivity contribution >= 4 is 5.78 Å². The summed E-state index contributed by atoms with van der Waals surface area (Å²) in [4.78, 5) is 13.2. The Balaban J connectivity index is 1.51. The van der Waals surface area contributed by atoms with E-state index >= 15 is 0 Å². The Kier molecular flexibility index (Phi) is 5.60. The van der Waals surface area contributed by atoms with Crippen molar-refractivity contribution in [3.05, 3.63) is 12.2 Å².